The van der Waals surface area contributed by atoms with E-state index in [-0.39, 0.29) is 23.1 Å². The summed E-state index contributed by atoms with van der Waals surface area (Å²) >= 11 is 5.94. The van der Waals surface area contributed by atoms with Crippen molar-refractivity contribution in [2.45, 2.75) is 33.3 Å². The van der Waals surface area contributed by atoms with Gasteiger partial charge in [-0.3, -0.25) is 10.1 Å². The molecule has 0 aliphatic heterocycles. The summed E-state index contributed by atoms with van der Waals surface area (Å²) in [5.41, 5.74) is -0.0216. The molecule has 0 atom stereocenters. The maximum Gasteiger partial charge on any atom is 0.407 e. The summed E-state index contributed by atoms with van der Waals surface area (Å²) < 4.78 is 5.07. The Hall–Kier alpha value is -2.15. The molecule has 1 aromatic heterocycles. The predicted molar refractivity (Wildman–Crippen MR) is 83.9 cm³/mol. The molecule has 120 valence electrons. The fourth-order valence-electron chi connectivity index (χ4n) is 1.52. The molecule has 1 amide bonds. The summed E-state index contributed by atoms with van der Waals surface area (Å²) in [4.78, 5) is 25.7. The van der Waals surface area contributed by atoms with Gasteiger partial charge in [-0.15, -0.1) is 0 Å². The molecule has 1 N–H and O–H groups in total. The number of rotatable bonds is 4. The molecule has 0 aliphatic carbocycles. The highest BCUT2D eigenvalue weighted by Gasteiger charge is 2.16. The molecule has 0 saturated heterocycles. The fourth-order valence-corrected chi connectivity index (χ4v) is 1.77. The topological polar surface area (TPSA) is 94.4 Å². The SMILES string of the molecule is Cc1nc(Cl)c(C=CCNC(=O)OC(C)(C)C)cc1[N+](=O)[O-]. The number of ether oxygens (including phenoxy) is 1. The number of carbonyl (C=O) groups is 1. The first-order valence-electron chi connectivity index (χ1n) is 6.55. The van der Waals surface area contributed by atoms with Crippen LogP contribution >= 0.6 is 11.6 Å². The Balaban J connectivity index is 2.69. The van der Waals surface area contributed by atoms with Crippen LogP contribution in [0, 0.1) is 17.0 Å². The van der Waals surface area contributed by atoms with Crippen molar-refractivity contribution in [3.05, 3.63) is 38.7 Å². The molecular formula is C14H18ClN3O4. The van der Waals surface area contributed by atoms with Crippen LogP contribution in [0.4, 0.5) is 10.5 Å². The van der Waals surface area contributed by atoms with Crippen molar-refractivity contribution >= 4 is 29.5 Å². The van der Waals surface area contributed by atoms with E-state index in [1.165, 1.54) is 13.0 Å². The van der Waals surface area contributed by atoms with Crippen molar-refractivity contribution in [1.29, 1.82) is 0 Å². The Labute approximate surface area is 133 Å². The molecular weight excluding hydrogens is 310 g/mol. The van der Waals surface area contributed by atoms with E-state index in [0.717, 1.165) is 0 Å². The van der Waals surface area contributed by atoms with Gasteiger partial charge < -0.3 is 10.1 Å². The monoisotopic (exact) mass is 327 g/mol. The second-order valence-corrected chi connectivity index (χ2v) is 5.87. The van der Waals surface area contributed by atoms with Crippen LogP contribution < -0.4 is 5.32 Å². The molecule has 1 heterocycles. The van der Waals surface area contributed by atoms with Gasteiger partial charge in [-0.25, -0.2) is 9.78 Å². The lowest BCUT2D eigenvalue weighted by Crippen LogP contribution is -2.32. The molecule has 0 spiro atoms. The third-order valence-corrected chi connectivity index (χ3v) is 2.73. The predicted octanol–water partition coefficient (Wildman–Crippen LogP) is 3.49. The second-order valence-electron chi connectivity index (χ2n) is 5.52. The zero-order valence-corrected chi connectivity index (χ0v) is 13.6. The summed E-state index contributed by atoms with van der Waals surface area (Å²) in [6.45, 7) is 7.01. The molecule has 7 nitrogen and oxygen atoms in total. The van der Waals surface area contributed by atoms with E-state index in [9.17, 15) is 14.9 Å². The van der Waals surface area contributed by atoms with E-state index in [4.69, 9.17) is 16.3 Å². The second kappa shape index (κ2) is 7.22. The number of aromatic nitrogens is 1. The zero-order chi connectivity index (χ0) is 16.9. The van der Waals surface area contributed by atoms with Crippen LogP contribution in [-0.4, -0.2) is 28.1 Å². The van der Waals surface area contributed by atoms with E-state index in [1.54, 1.807) is 32.9 Å². The molecule has 1 aromatic rings. The van der Waals surface area contributed by atoms with Gasteiger partial charge in [-0.05, 0) is 27.7 Å². The van der Waals surface area contributed by atoms with Gasteiger partial charge in [-0.1, -0.05) is 23.8 Å². The smallest absolute Gasteiger partial charge is 0.407 e. The summed E-state index contributed by atoms with van der Waals surface area (Å²) in [5.74, 6) is 0. The summed E-state index contributed by atoms with van der Waals surface area (Å²) in [5, 5.41) is 13.6. The average Bonchev–Trinajstić information content (AvgIpc) is 2.33. The van der Waals surface area contributed by atoms with Crippen LogP contribution in [0.2, 0.25) is 5.15 Å². The van der Waals surface area contributed by atoms with E-state index < -0.39 is 16.6 Å². The Bertz CT molecular complexity index is 609. The number of carbonyl (C=O) groups excluding carboxylic acids is 1. The lowest BCUT2D eigenvalue weighted by Gasteiger charge is -2.19. The molecule has 0 aliphatic rings. The minimum absolute atomic E-state index is 0.107. The van der Waals surface area contributed by atoms with Gasteiger partial charge in [0.1, 0.15) is 16.4 Å². The van der Waals surface area contributed by atoms with E-state index in [2.05, 4.69) is 10.3 Å². The first-order valence-corrected chi connectivity index (χ1v) is 6.93. The van der Waals surface area contributed by atoms with Gasteiger partial charge >= 0.3 is 6.09 Å². The lowest BCUT2D eigenvalue weighted by atomic mass is 10.2. The highest BCUT2D eigenvalue weighted by atomic mass is 35.5. The summed E-state index contributed by atoms with van der Waals surface area (Å²) in [7, 11) is 0. The van der Waals surface area contributed by atoms with E-state index >= 15 is 0 Å². The zero-order valence-electron chi connectivity index (χ0n) is 12.8. The van der Waals surface area contributed by atoms with Crippen molar-refractivity contribution in [2.24, 2.45) is 0 Å². The number of alkyl carbamates (subject to hydrolysis) is 1. The van der Waals surface area contributed by atoms with Crippen LogP contribution in [-0.2, 0) is 4.74 Å². The van der Waals surface area contributed by atoms with Crippen LogP contribution in [0.15, 0.2) is 12.1 Å². The molecule has 22 heavy (non-hydrogen) atoms. The largest absolute Gasteiger partial charge is 0.444 e. The van der Waals surface area contributed by atoms with Crippen LogP contribution in [0.1, 0.15) is 32.0 Å². The van der Waals surface area contributed by atoms with Gasteiger partial charge in [0.05, 0.1) is 4.92 Å². The summed E-state index contributed by atoms with van der Waals surface area (Å²) in [6.07, 6.45) is 2.61. The highest BCUT2D eigenvalue weighted by Crippen LogP contribution is 2.24. The minimum atomic E-state index is -0.571. The Morgan fingerprint density at radius 3 is 2.73 bits per heavy atom. The quantitative estimate of drug-likeness (QED) is 0.519. The molecule has 8 heteroatoms. The Morgan fingerprint density at radius 1 is 1.55 bits per heavy atom. The fraction of sp³-hybridized carbons (Fsp3) is 0.429. The average molecular weight is 328 g/mol. The number of nitrogens with one attached hydrogen (secondary N) is 1. The molecule has 0 aromatic carbocycles. The van der Waals surface area contributed by atoms with Crippen molar-refractivity contribution in [3.63, 3.8) is 0 Å². The minimum Gasteiger partial charge on any atom is -0.444 e. The number of amides is 1. The first kappa shape index (κ1) is 17.9. The number of hydrogen-bond acceptors (Lipinski definition) is 5. The van der Waals surface area contributed by atoms with Gasteiger partial charge in [0.25, 0.3) is 5.69 Å². The number of pyridine rings is 1. The number of nitro groups is 1. The normalized spacial score (nSPS) is 11.5. The van der Waals surface area contributed by atoms with Gasteiger partial charge in [-0.2, -0.15) is 0 Å². The highest BCUT2D eigenvalue weighted by molar-refractivity contribution is 6.30. The van der Waals surface area contributed by atoms with E-state index in [0.29, 0.717) is 5.56 Å². The maximum atomic E-state index is 11.4. The number of aryl methyl sites for hydroxylation is 1. The number of hydrogen-bond donors (Lipinski definition) is 1. The molecule has 1 rings (SSSR count). The first-order chi connectivity index (χ1) is 10.1. The standard InChI is InChI=1S/C14H18ClN3O4/c1-9-11(18(20)21)8-10(12(15)17-9)6-5-7-16-13(19)22-14(2,3)4/h5-6,8H,7H2,1-4H3,(H,16,19). The lowest BCUT2D eigenvalue weighted by molar-refractivity contribution is -0.385. The molecule has 0 saturated carbocycles. The van der Waals surface area contributed by atoms with Gasteiger partial charge in [0, 0.05) is 18.2 Å². The van der Waals surface area contributed by atoms with Gasteiger partial charge in [0.2, 0.25) is 0 Å². The maximum absolute atomic E-state index is 11.4. The van der Waals surface area contributed by atoms with Crippen LogP contribution in [0.5, 0.6) is 0 Å². The van der Waals surface area contributed by atoms with Crippen molar-refractivity contribution in [1.82, 2.24) is 10.3 Å². The number of nitrogens with zero attached hydrogens (tertiary/aromatic N) is 2. The molecule has 0 unspecified atom stereocenters. The van der Waals surface area contributed by atoms with E-state index in [1.807, 2.05) is 0 Å². The Morgan fingerprint density at radius 2 is 2.18 bits per heavy atom. The van der Waals surface area contributed by atoms with Crippen LogP contribution in [0.25, 0.3) is 6.08 Å². The summed E-state index contributed by atoms with van der Waals surface area (Å²) in [6, 6.07) is 1.34. The number of halogens is 1. The van der Waals surface area contributed by atoms with Crippen molar-refractivity contribution in [2.75, 3.05) is 6.54 Å². The van der Waals surface area contributed by atoms with Crippen LogP contribution in [0.3, 0.4) is 0 Å². The van der Waals surface area contributed by atoms with Crippen molar-refractivity contribution in [3.8, 4) is 0 Å². The molecule has 0 fully saturated rings. The third kappa shape index (κ3) is 5.69. The molecule has 0 bridgehead atoms. The van der Waals surface area contributed by atoms with Gasteiger partial charge in [0.15, 0.2) is 0 Å². The Kier molecular flexibility index (Phi) is 5.87. The third-order valence-electron chi connectivity index (χ3n) is 2.42. The van der Waals surface area contributed by atoms with Crippen molar-refractivity contribution < 1.29 is 14.5 Å². The molecule has 0 radical (unpaired) electrons.